The average Bonchev–Trinajstić information content (AvgIpc) is 3.42. The van der Waals surface area contributed by atoms with Gasteiger partial charge in [-0.3, -0.25) is 29.3 Å². The van der Waals surface area contributed by atoms with E-state index in [1.54, 1.807) is 31.2 Å². The molecule has 0 spiro atoms. The number of H-pyrrole nitrogens is 1. The van der Waals surface area contributed by atoms with E-state index in [1.165, 1.54) is 21.8 Å². The highest BCUT2D eigenvalue weighted by Gasteiger charge is 2.39. The fraction of sp³-hybridized carbons (Fsp3) is 0.261. The van der Waals surface area contributed by atoms with Gasteiger partial charge in [-0.1, -0.05) is 11.3 Å². The maximum absolute atomic E-state index is 13.0. The first kappa shape index (κ1) is 22.2. The van der Waals surface area contributed by atoms with Crippen molar-refractivity contribution in [3.8, 4) is 5.69 Å². The number of fused-ring (bicyclic) bond motifs is 1. The van der Waals surface area contributed by atoms with Gasteiger partial charge in [0.05, 0.1) is 11.9 Å². The summed E-state index contributed by atoms with van der Waals surface area (Å²) < 4.78 is 1.38. The third-order valence-corrected chi connectivity index (χ3v) is 5.99. The highest BCUT2D eigenvalue weighted by atomic mass is 16.2. The predicted molar refractivity (Wildman–Crippen MR) is 120 cm³/mol. The van der Waals surface area contributed by atoms with Crippen molar-refractivity contribution in [2.75, 3.05) is 0 Å². The van der Waals surface area contributed by atoms with E-state index in [-0.39, 0.29) is 49.0 Å². The normalized spacial score (nSPS) is 17.3. The van der Waals surface area contributed by atoms with E-state index in [4.69, 9.17) is 0 Å². The molecule has 1 unspecified atom stereocenters. The number of aryl methyl sites for hydroxylation is 1. The van der Waals surface area contributed by atoms with Crippen molar-refractivity contribution < 1.29 is 19.2 Å². The van der Waals surface area contributed by atoms with E-state index >= 15 is 0 Å². The maximum Gasteiger partial charge on any atom is 0.273 e. The van der Waals surface area contributed by atoms with Crippen molar-refractivity contribution in [3.05, 3.63) is 75.0 Å². The summed E-state index contributed by atoms with van der Waals surface area (Å²) >= 11 is 0. The summed E-state index contributed by atoms with van der Waals surface area (Å²) in [6.07, 6.45) is 1.92. The standard InChI is InChI=1S/C23H21N7O5/c1-12-6-13(7-20(32)25-12)9-24-21(33)17-11-30(28-27-17)15-3-2-14-10-29(23(35)16(14)8-15)18-4-5-19(31)26-22(18)34/h2-3,6-8,11,18H,4-5,9-10H2,1H3,(H,24,33)(H,25,32)(H,26,31,34). The van der Waals surface area contributed by atoms with Gasteiger partial charge in [0.1, 0.15) is 6.04 Å². The lowest BCUT2D eigenvalue weighted by Crippen LogP contribution is -2.52. The molecule has 2 aliphatic heterocycles. The molecule has 0 radical (unpaired) electrons. The minimum Gasteiger partial charge on any atom is -0.347 e. The number of carbonyl (C=O) groups is 4. The number of rotatable bonds is 5. The van der Waals surface area contributed by atoms with E-state index in [9.17, 15) is 24.0 Å². The number of benzene rings is 1. The third-order valence-electron chi connectivity index (χ3n) is 5.99. The first-order chi connectivity index (χ1) is 16.8. The largest absolute Gasteiger partial charge is 0.347 e. The van der Waals surface area contributed by atoms with E-state index in [0.717, 1.165) is 5.56 Å². The zero-order valence-corrected chi connectivity index (χ0v) is 18.7. The summed E-state index contributed by atoms with van der Waals surface area (Å²) in [6, 6.07) is 7.63. The fourth-order valence-corrected chi connectivity index (χ4v) is 4.31. The summed E-state index contributed by atoms with van der Waals surface area (Å²) in [5.41, 5.74) is 2.89. The van der Waals surface area contributed by atoms with Crippen LogP contribution in [0.5, 0.6) is 0 Å². The number of imide groups is 1. The lowest BCUT2D eigenvalue weighted by atomic mass is 10.0. The van der Waals surface area contributed by atoms with E-state index < -0.39 is 17.9 Å². The monoisotopic (exact) mass is 475 g/mol. The molecule has 1 fully saturated rings. The maximum atomic E-state index is 13.0. The van der Waals surface area contributed by atoms with Crippen LogP contribution in [0.2, 0.25) is 0 Å². The Balaban J connectivity index is 1.29. The van der Waals surface area contributed by atoms with Crippen LogP contribution in [0.15, 0.2) is 41.3 Å². The summed E-state index contributed by atoms with van der Waals surface area (Å²) in [4.78, 5) is 64.9. The summed E-state index contributed by atoms with van der Waals surface area (Å²) in [5.74, 6) is -1.57. The van der Waals surface area contributed by atoms with Gasteiger partial charge in [-0.25, -0.2) is 4.68 Å². The third kappa shape index (κ3) is 4.33. The highest BCUT2D eigenvalue weighted by molar-refractivity contribution is 6.05. The van der Waals surface area contributed by atoms with Gasteiger partial charge in [0, 0.05) is 36.8 Å². The van der Waals surface area contributed by atoms with Gasteiger partial charge in [-0.15, -0.1) is 5.10 Å². The van der Waals surface area contributed by atoms with Gasteiger partial charge in [0.15, 0.2) is 5.69 Å². The second-order valence-corrected chi connectivity index (χ2v) is 8.51. The SMILES string of the molecule is Cc1cc(CNC(=O)c2cn(-c3ccc4c(c3)C(=O)N(C3CCC(=O)NC3=O)C4)nn2)cc(=O)[nH]1. The van der Waals surface area contributed by atoms with Gasteiger partial charge < -0.3 is 15.2 Å². The number of piperidine rings is 1. The number of carbonyl (C=O) groups excluding carboxylic acids is 4. The molecule has 2 aromatic heterocycles. The molecule has 12 heteroatoms. The molecule has 178 valence electrons. The number of nitrogens with one attached hydrogen (secondary N) is 3. The lowest BCUT2D eigenvalue weighted by molar-refractivity contribution is -0.136. The summed E-state index contributed by atoms with van der Waals surface area (Å²) in [7, 11) is 0. The number of pyridine rings is 1. The number of aromatic amines is 1. The Morgan fingerprint density at radius 2 is 2.00 bits per heavy atom. The van der Waals surface area contributed by atoms with Crippen LogP contribution in [0.1, 0.15) is 50.5 Å². The quantitative estimate of drug-likeness (QED) is 0.437. The summed E-state index contributed by atoms with van der Waals surface area (Å²) in [5, 5.41) is 12.9. The zero-order valence-electron chi connectivity index (χ0n) is 18.7. The number of aromatic nitrogens is 4. The number of amides is 4. The van der Waals surface area contributed by atoms with Crippen molar-refractivity contribution in [3.63, 3.8) is 0 Å². The van der Waals surface area contributed by atoms with Crippen LogP contribution >= 0.6 is 0 Å². The van der Waals surface area contributed by atoms with Crippen molar-refractivity contribution >= 4 is 23.6 Å². The van der Waals surface area contributed by atoms with Crippen LogP contribution in [0.3, 0.4) is 0 Å². The minimum absolute atomic E-state index is 0.0727. The van der Waals surface area contributed by atoms with Gasteiger partial charge >= 0.3 is 0 Å². The fourth-order valence-electron chi connectivity index (χ4n) is 4.31. The number of nitrogens with zero attached hydrogens (tertiary/aromatic N) is 4. The molecule has 0 saturated carbocycles. The molecule has 4 heterocycles. The predicted octanol–water partition coefficient (Wildman–Crippen LogP) is -0.0450. The molecule has 1 aromatic carbocycles. The molecule has 1 saturated heterocycles. The van der Waals surface area contributed by atoms with E-state index in [0.29, 0.717) is 22.5 Å². The van der Waals surface area contributed by atoms with Crippen molar-refractivity contribution in [2.45, 2.75) is 38.9 Å². The van der Waals surface area contributed by atoms with Crippen LogP contribution in [0.25, 0.3) is 5.69 Å². The Morgan fingerprint density at radius 1 is 1.17 bits per heavy atom. The smallest absolute Gasteiger partial charge is 0.273 e. The molecule has 0 bridgehead atoms. The highest BCUT2D eigenvalue weighted by Crippen LogP contribution is 2.29. The van der Waals surface area contributed by atoms with Gasteiger partial charge in [-0.2, -0.15) is 0 Å². The number of hydrogen-bond donors (Lipinski definition) is 3. The van der Waals surface area contributed by atoms with Crippen LogP contribution in [-0.4, -0.2) is 54.5 Å². The Kier molecular flexibility index (Phi) is 5.47. The average molecular weight is 475 g/mol. The lowest BCUT2D eigenvalue weighted by Gasteiger charge is -2.29. The Morgan fingerprint density at radius 3 is 2.77 bits per heavy atom. The molecule has 3 N–H and O–H groups in total. The Labute approximate surface area is 198 Å². The molecular formula is C23H21N7O5. The number of hydrogen-bond acceptors (Lipinski definition) is 7. The van der Waals surface area contributed by atoms with Gasteiger partial charge in [0.25, 0.3) is 11.8 Å². The molecule has 2 aliphatic rings. The van der Waals surface area contributed by atoms with Gasteiger partial charge in [0.2, 0.25) is 17.4 Å². The van der Waals surface area contributed by atoms with Crippen LogP contribution in [0.4, 0.5) is 0 Å². The van der Waals surface area contributed by atoms with E-state index in [2.05, 4.69) is 25.9 Å². The van der Waals surface area contributed by atoms with Crippen molar-refractivity contribution in [1.29, 1.82) is 0 Å². The molecular weight excluding hydrogens is 454 g/mol. The van der Waals surface area contributed by atoms with Crippen molar-refractivity contribution in [1.82, 2.24) is 35.5 Å². The van der Waals surface area contributed by atoms with Crippen molar-refractivity contribution in [2.24, 2.45) is 0 Å². The molecule has 35 heavy (non-hydrogen) atoms. The first-order valence-corrected chi connectivity index (χ1v) is 11.0. The van der Waals surface area contributed by atoms with E-state index in [1.807, 2.05) is 0 Å². The molecule has 3 aromatic rings. The second kappa shape index (κ2) is 8.63. The van der Waals surface area contributed by atoms with Gasteiger partial charge in [-0.05, 0) is 42.7 Å². The summed E-state index contributed by atoms with van der Waals surface area (Å²) in [6.45, 7) is 2.18. The van der Waals surface area contributed by atoms with Crippen LogP contribution in [0, 0.1) is 6.92 Å². The van der Waals surface area contributed by atoms with Crippen LogP contribution < -0.4 is 16.2 Å². The topological polar surface area (TPSA) is 159 Å². The Hall–Kier alpha value is -4.61. The minimum atomic E-state index is -0.693. The molecule has 1 atom stereocenters. The Bertz CT molecular complexity index is 1440. The zero-order chi connectivity index (χ0) is 24.7. The molecule has 4 amide bonds. The van der Waals surface area contributed by atoms with Crippen LogP contribution in [-0.2, 0) is 22.7 Å². The molecule has 12 nitrogen and oxygen atoms in total. The molecule has 5 rings (SSSR count). The second-order valence-electron chi connectivity index (χ2n) is 8.51. The molecule has 0 aliphatic carbocycles. The first-order valence-electron chi connectivity index (χ1n) is 11.0.